The topological polar surface area (TPSA) is 29.5 Å². The lowest BCUT2D eigenvalue weighted by molar-refractivity contribution is 0.0218. The van der Waals surface area contributed by atoms with Gasteiger partial charge in [0.15, 0.2) is 0 Å². The molecule has 5 heteroatoms. The molecule has 1 aliphatic rings. The predicted molar refractivity (Wildman–Crippen MR) is 84.3 cm³/mol. The van der Waals surface area contributed by atoms with Gasteiger partial charge >= 0.3 is 6.09 Å². The number of halogens is 2. The highest BCUT2D eigenvalue weighted by Gasteiger charge is 2.43. The van der Waals surface area contributed by atoms with Crippen LogP contribution in [-0.2, 0) is 11.3 Å². The van der Waals surface area contributed by atoms with Gasteiger partial charge in [-0.1, -0.05) is 39.7 Å². The van der Waals surface area contributed by atoms with E-state index in [2.05, 4.69) is 15.9 Å². The Morgan fingerprint density at radius 1 is 1.50 bits per heavy atom. The molecule has 0 spiro atoms. The maximum atomic E-state index is 12.3. The van der Waals surface area contributed by atoms with Gasteiger partial charge in [0.05, 0.1) is 0 Å². The largest absolute Gasteiger partial charge is 0.444 e. The lowest BCUT2D eigenvalue weighted by atomic mass is 10.2. The van der Waals surface area contributed by atoms with E-state index in [9.17, 15) is 4.79 Å². The number of rotatable bonds is 3. The van der Waals surface area contributed by atoms with Crippen molar-refractivity contribution in [3.05, 3.63) is 34.9 Å². The first kappa shape index (κ1) is 15.6. The van der Waals surface area contributed by atoms with E-state index in [0.717, 1.165) is 12.0 Å². The summed E-state index contributed by atoms with van der Waals surface area (Å²) in [4.78, 5) is 14.5. The minimum Gasteiger partial charge on any atom is -0.444 e. The molecule has 0 aliphatic heterocycles. The first-order chi connectivity index (χ1) is 9.26. The van der Waals surface area contributed by atoms with E-state index >= 15 is 0 Å². The van der Waals surface area contributed by atoms with Gasteiger partial charge in [-0.2, -0.15) is 0 Å². The molecule has 0 bridgehead atoms. The minimum atomic E-state index is -0.486. The molecule has 1 saturated carbocycles. The Hall–Kier alpha value is -0.740. The number of hydrogen-bond acceptors (Lipinski definition) is 2. The monoisotopic (exact) mass is 359 g/mol. The number of alkyl halides is 1. The zero-order valence-corrected chi connectivity index (χ0v) is 14.2. The Morgan fingerprint density at radius 2 is 2.15 bits per heavy atom. The van der Waals surface area contributed by atoms with Crippen molar-refractivity contribution in [3.63, 3.8) is 0 Å². The molecule has 3 nitrogen and oxygen atoms in total. The first-order valence-electron chi connectivity index (χ1n) is 6.64. The second-order valence-electron chi connectivity index (χ2n) is 6.06. The summed E-state index contributed by atoms with van der Waals surface area (Å²) in [5.41, 5.74) is 0.523. The van der Waals surface area contributed by atoms with Crippen LogP contribution in [-0.4, -0.2) is 27.5 Å². The Kier molecular flexibility index (Phi) is 4.65. The number of hydrogen-bond donors (Lipinski definition) is 0. The highest BCUT2D eigenvalue weighted by molar-refractivity contribution is 9.09. The van der Waals surface area contributed by atoms with E-state index < -0.39 is 5.60 Å². The van der Waals surface area contributed by atoms with Crippen LogP contribution in [0.4, 0.5) is 4.79 Å². The second kappa shape index (κ2) is 5.94. The molecule has 0 saturated heterocycles. The van der Waals surface area contributed by atoms with Crippen LogP contribution in [0.5, 0.6) is 0 Å². The Bertz CT molecular complexity index is 501. The maximum Gasteiger partial charge on any atom is 0.410 e. The Morgan fingerprint density at radius 3 is 2.65 bits per heavy atom. The van der Waals surface area contributed by atoms with Crippen LogP contribution in [0.1, 0.15) is 32.8 Å². The Labute approximate surface area is 133 Å². The van der Waals surface area contributed by atoms with Crippen LogP contribution in [0.3, 0.4) is 0 Å². The molecule has 1 aliphatic carbocycles. The molecular formula is C15H19BrClNO2. The third kappa shape index (κ3) is 4.38. The molecule has 0 heterocycles. The molecule has 0 radical (unpaired) electrons. The van der Waals surface area contributed by atoms with Gasteiger partial charge in [0.1, 0.15) is 5.60 Å². The molecule has 110 valence electrons. The van der Waals surface area contributed by atoms with Crippen molar-refractivity contribution in [2.45, 2.75) is 50.2 Å². The molecule has 1 aromatic rings. The van der Waals surface area contributed by atoms with E-state index in [0.29, 0.717) is 16.4 Å². The molecule has 1 fully saturated rings. The van der Waals surface area contributed by atoms with Crippen LogP contribution in [0.15, 0.2) is 24.3 Å². The third-order valence-electron chi connectivity index (χ3n) is 2.95. The van der Waals surface area contributed by atoms with Crippen molar-refractivity contribution in [1.82, 2.24) is 4.90 Å². The molecule has 0 aromatic heterocycles. The zero-order chi connectivity index (χ0) is 14.9. The summed E-state index contributed by atoms with van der Waals surface area (Å²) in [7, 11) is 0. The van der Waals surface area contributed by atoms with Gasteiger partial charge in [0.25, 0.3) is 0 Å². The van der Waals surface area contributed by atoms with Crippen molar-refractivity contribution in [2.75, 3.05) is 0 Å². The van der Waals surface area contributed by atoms with Gasteiger partial charge in [-0.15, -0.1) is 0 Å². The third-order valence-corrected chi connectivity index (χ3v) is 4.17. The van der Waals surface area contributed by atoms with Gasteiger partial charge in [-0.3, -0.25) is 4.90 Å². The molecule has 0 N–H and O–H groups in total. The van der Waals surface area contributed by atoms with Crippen molar-refractivity contribution < 1.29 is 9.53 Å². The number of benzene rings is 1. The van der Waals surface area contributed by atoms with E-state index in [1.54, 1.807) is 4.90 Å². The highest BCUT2D eigenvalue weighted by Crippen LogP contribution is 2.37. The lowest BCUT2D eigenvalue weighted by Gasteiger charge is -2.27. The normalized spacial score (nSPS) is 21.4. The summed E-state index contributed by atoms with van der Waals surface area (Å²) in [6.45, 7) is 6.14. The number of amides is 1. The summed E-state index contributed by atoms with van der Waals surface area (Å²) < 4.78 is 5.49. The van der Waals surface area contributed by atoms with Gasteiger partial charge in [0, 0.05) is 22.4 Å². The number of ether oxygens (including phenoxy) is 1. The minimum absolute atomic E-state index is 0.198. The first-order valence-corrected chi connectivity index (χ1v) is 7.94. The molecule has 1 aromatic carbocycles. The van der Waals surface area contributed by atoms with E-state index in [4.69, 9.17) is 16.3 Å². The lowest BCUT2D eigenvalue weighted by Crippen LogP contribution is -2.38. The van der Waals surface area contributed by atoms with Crippen molar-refractivity contribution in [1.29, 1.82) is 0 Å². The summed E-state index contributed by atoms with van der Waals surface area (Å²) in [5, 5.41) is 0.679. The number of carbonyl (C=O) groups excluding carboxylic acids is 1. The number of nitrogens with zero attached hydrogens (tertiary/aromatic N) is 1. The van der Waals surface area contributed by atoms with Gasteiger partial charge in [-0.05, 0) is 44.9 Å². The van der Waals surface area contributed by atoms with Gasteiger partial charge in [-0.25, -0.2) is 4.79 Å². The molecule has 2 rings (SSSR count). The molecule has 2 unspecified atom stereocenters. The predicted octanol–water partition coefficient (Wildman–Crippen LogP) is 4.61. The second-order valence-corrected chi connectivity index (χ2v) is 7.67. The quantitative estimate of drug-likeness (QED) is 0.737. The highest BCUT2D eigenvalue weighted by atomic mass is 79.9. The zero-order valence-electron chi connectivity index (χ0n) is 11.9. The van der Waals surface area contributed by atoms with Crippen LogP contribution in [0.2, 0.25) is 5.02 Å². The van der Waals surface area contributed by atoms with Crippen LogP contribution in [0, 0.1) is 0 Å². The summed E-state index contributed by atoms with van der Waals surface area (Å²) >= 11 is 9.54. The van der Waals surface area contributed by atoms with E-state index in [1.807, 2.05) is 45.0 Å². The van der Waals surface area contributed by atoms with Gasteiger partial charge in [0.2, 0.25) is 0 Å². The fraction of sp³-hybridized carbons (Fsp3) is 0.533. The van der Waals surface area contributed by atoms with E-state index in [1.165, 1.54) is 0 Å². The van der Waals surface area contributed by atoms with Gasteiger partial charge < -0.3 is 4.74 Å². The smallest absolute Gasteiger partial charge is 0.410 e. The average Bonchev–Trinajstić information content (AvgIpc) is 3.00. The SMILES string of the molecule is CC(C)(C)OC(=O)N(Cc1cccc(Cl)c1)C1CC1Br. The van der Waals surface area contributed by atoms with Crippen molar-refractivity contribution in [3.8, 4) is 0 Å². The molecule has 20 heavy (non-hydrogen) atoms. The summed E-state index contributed by atoms with van der Waals surface area (Å²) in [6, 6.07) is 7.76. The standard InChI is InChI=1S/C15H19BrClNO2/c1-15(2,3)20-14(19)18(13-8-12(13)16)9-10-5-4-6-11(17)7-10/h4-7,12-13H,8-9H2,1-3H3. The summed E-state index contributed by atoms with van der Waals surface area (Å²) in [6.07, 6.45) is 0.684. The maximum absolute atomic E-state index is 12.3. The fourth-order valence-corrected chi connectivity index (χ4v) is 2.83. The summed E-state index contributed by atoms with van der Waals surface area (Å²) in [5.74, 6) is 0. The van der Waals surface area contributed by atoms with Crippen LogP contribution < -0.4 is 0 Å². The van der Waals surface area contributed by atoms with E-state index in [-0.39, 0.29) is 12.1 Å². The molecular weight excluding hydrogens is 342 g/mol. The number of carbonyl (C=O) groups is 1. The van der Waals surface area contributed by atoms with Crippen molar-refractivity contribution >= 4 is 33.6 Å². The Balaban J connectivity index is 2.10. The van der Waals surface area contributed by atoms with Crippen molar-refractivity contribution in [2.24, 2.45) is 0 Å². The van der Waals surface area contributed by atoms with Crippen LogP contribution in [0.25, 0.3) is 0 Å². The average molecular weight is 361 g/mol. The molecule has 1 amide bonds. The molecule has 2 atom stereocenters. The fourth-order valence-electron chi connectivity index (χ4n) is 1.94. The van der Waals surface area contributed by atoms with Crippen LogP contribution >= 0.6 is 27.5 Å².